The van der Waals surface area contributed by atoms with Gasteiger partial charge in [-0.1, -0.05) is 18.2 Å². The summed E-state index contributed by atoms with van der Waals surface area (Å²) in [6.07, 6.45) is 3.78. The van der Waals surface area contributed by atoms with Gasteiger partial charge in [0, 0.05) is 44.7 Å². The topological polar surface area (TPSA) is 48.3 Å². The minimum Gasteiger partial charge on any atom is -0.485 e. The third kappa shape index (κ3) is 4.58. The van der Waals surface area contributed by atoms with Crippen molar-refractivity contribution in [3.05, 3.63) is 48.0 Å². The van der Waals surface area contributed by atoms with Gasteiger partial charge in [-0.15, -0.1) is 0 Å². The molecule has 0 fully saturated rings. The molecule has 0 aliphatic carbocycles. The van der Waals surface area contributed by atoms with Crippen LogP contribution >= 0.6 is 0 Å². The molecular weight excluding hydrogens is 266 g/mol. The number of aryl methyl sites for hydroxylation is 1. The molecule has 0 aliphatic heterocycles. The van der Waals surface area contributed by atoms with Crippen molar-refractivity contribution in [2.75, 3.05) is 20.3 Å². The zero-order valence-electron chi connectivity index (χ0n) is 12.7. The van der Waals surface area contributed by atoms with Crippen LogP contribution in [-0.4, -0.2) is 29.8 Å². The Hall–Kier alpha value is -1.85. The zero-order valence-corrected chi connectivity index (χ0v) is 12.7. The van der Waals surface area contributed by atoms with Crippen LogP contribution in [0.1, 0.15) is 18.3 Å². The van der Waals surface area contributed by atoms with Gasteiger partial charge < -0.3 is 19.4 Å². The summed E-state index contributed by atoms with van der Waals surface area (Å²) >= 11 is 0. The van der Waals surface area contributed by atoms with E-state index in [1.54, 1.807) is 13.3 Å². The minimum atomic E-state index is 0.482. The van der Waals surface area contributed by atoms with Crippen LogP contribution in [0, 0.1) is 0 Å². The third-order valence-corrected chi connectivity index (χ3v) is 3.27. The molecule has 2 rings (SSSR count). The van der Waals surface area contributed by atoms with E-state index in [2.05, 4.69) is 27.9 Å². The first-order valence-corrected chi connectivity index (χ1v) is 7.25. The average molecular weight is 289 g/mol. The molecular formula is C16H23N3O2. The Morgan fingerprint density at radius 3 is 2.95 bits per heavy atom. The van der Waals surface area contributed by atoms with Crippen molar-refractivity contribution in [1.82, 2.24) is 14.9 Å². The lowest BCUT2D eigenvalue weighted by atomic mass is 10.2. The number of nitrogens with zero attached hydrogens (tertiary/aromatic N) is 2. The van der Waals surface area contributed by atoms with E-state index < -0.39 is 0 Å². The van der Waals surface area contributed by atoms with E-state index in [4.69, 9.17) is 9.47 Å². The first kappa shape index (κ1) is 15.5. The van der Waals surface area contributed by atoms with Gasteiger partial charge in [0.25, 0.3) is 0 Å². The van der Waals surface area contributed by atoms with Crippen LogP contribution in [0.5, 0.6) is 5.75 Å². The number of ether oxygens (including phenoxy) is 2. The SMILES string of the molecule is CCn1ccnc1COc1ccccc1CNCCOC. The normalized spacial score (nSPS) is 10.8. The Morgan fingerprint density at radius 2 is 2.14 bits per heavy atom. The maximum absolute atomic E-state index is 5.93. The molecule has 0 atom stereocenters. The second-order valence-electron chi connectivity index (χ2n) is 4.70. The lowest BCUT2D eigenvalue weighted by Crippen LogP contribution is -2.19. The van der Waals surface area contributed by atoms with Gasteiger partial charge in [-0.3, -0.25) is 0 Å². The molecule has 0 radical (unpaired) electrons. The molecule has 1 aromatic carbocycles. The van der Waals surface area contributed by atoms with Crippen molar-refractivity contribution in [2.24, 2.45) is 0 Å². The predicted molar refractivity (Wildman–Crippen MR) is 82.3 cm³/mol. The molecule has 0 bridgehead atoms. The van der Waals surface area contributed by atoms with Gasteiger partial charge in [0.15, 0.2) is 0 Å². The van der Waals surface area contributed by atoms with Crippen LogP contribution < -0.4 is 10.1 Å². The van der Waals surface area contributed by atoms with Gasteiger partial charge in [-0.05, 0) is 13.0 Å². The van der Waals surface area contributed by atoms with E-state index in [1.165, 1.54) is 0 Å². The van der Waals surface area contributed by atoms with Gasteiger partial charge in [-0.25, -0.2) is 4.98 Å². The summed E-state index contributed by atoms with van der Waals surface area (Å²) in [6.45, 7) is 5.78. The van der Waals surface area contributed by atoms with Gasteiger partial charge >= 0.3 is 0 Å². The number of rotatable bonds is 9. The maximum Gasteiger partial charge on any atom is 0.146 e. The number of hydrogen-bond donors (Lipinski definition) is 1. The van der Waals surface area contributed by atoms with Crippen molar-refractivity contribution in [3.8, 4) is 5.75 Å². The lowest BCUT2D eigenvalue weighted by molar-refractivity contribution is 0.199. The highest BCUT2D eigenvalue weighted by molar-refractivity contribution is 5.33. The molecule has 21 heavy (non-hydrogen) atoms. The minimum absolute atomic E-state index is 0.482. The summed E-state index contributed by atoms with van der Waals surface area (Å²) in [5.41, 5.74) is 1.14. The zero-order chi connectivity index (χ0) is 14.9. The monoisotopic (exact) mass is 289 g/mol. The Morgan fingerprint density at radius 1 is 1.29 bits per heavy atom. The number of para-hydroxylation sites is 1. The van der Waals surface area contributed by atoms with E-state index in [-0.39, 0.29) is 0 Å². The number of imidazole rings is 1. The van der Waals surface area contributed by atoms with E-state index in [0.29, 0.717) is 13.2 Å². The predicted octanol–water partition coefficient (Wildman–Crippen LogP) is 2.22. The molecule has 0 saturated heterocycles. The van der Waals surface area contributed by atoms with Crippen LogP contribution in [0.15, 0.2) is 36.7 Å². The van der Waals surface area contributed by atoms with Crippen LogP contribution in [0.2, 0.25) is 0 Å². The smallest absolute Gasteiger partial charge is 0.146 e. The Labute approximate surface area is 125 Å². The van der Waals surface area contributed by atoms with E-state index in [9.17, 15) is 0 Å². The molecule has 114 valence electrons. The number of aromatic nitrogens is 2. The second-order valence-corrected chi connectivity index (χ2v) is 4.70. The number of methoxy groups -OCH3 is 1. The number of nitrogens with one attached hydrogen (secondary N) is 1. The fourth-order valence-electron chi connectivity index (χ4n) is 2.10. The van der Waals surface area contributed by atoms with Gasteiger partial charge in [0.1, 0.15) is 18.2 Å². The van der Waals surface area contributed by atoms with Gasteiger partial charge in [0.05, 0.1) is 6.61 Å². The molecule has 2 aromatic rings. The van der Waals surface area contributed by atoms with Crippen LogP contribution in [-0.2, 0) is 24.4 Å². The summed E-state index contributed by atoms with van der Waals surface area (Å²) in [5.74, 6) is 1.84. The molecule has 1 aromatic heterocycles. The fourth-order valence-corrected chi connectivity index (χ4v) is 2.10. The fraction of sp³-hybridized carbons (Fsp3) is 0.438. The summed E-state index contributed by atoms with van der Waals surface area (Å²) < 4.78 is 13.0. The summed E-state index contributed by atoms with van der Waals surface area (Å²) in [4.78, 5) is 4.32. The van der Waals surface area contributed by atoms with Crippen molar-refractivity contribution in [1.29, 1.82) is 0 Å². The Bertz CT molecular complexity index is 540. The Balaban J connectivity index is 1.93. The highest BCUT2D eigenvalue weighted by Gasteiger charge is 2.06. The van der Waals surface area contributed by atoms with Crippen molar-refractivity contribution < 1.29 is 9.47 Å². The van der Waals surface area contributed by atoms with Crippen molar-refractivity contribution in [2.45, 2.75) is 26.6 Å². The summed E-state index contributed by atoms with van der Waals surface area (Å²) in [6, 6.07) is 8.07. The molecule has 0 amide bonds. The molecule has 5 nitrogen and oxygen atoms in total. The molecule has 0 spiro atoms. The van der Waals surface area contributed by atoms with Gasteiger partial charge in [-0.2, -0.15) is 0 Å². The first-order chi connectivity index (χ1) is 10.3. The van der Waals surface area contributed by atoms with Crippen molar-refractivity contribution >= 4 is 0 Å². The maximum atomic E-state index is 5.93. The standard InChI is InChI=1S/C16H23N3O2/c1-3-19-10-8-18-16(19)13-21-15-7-5-4-6-14(15)12-17-9-11-20-2/h4-8,10,17H,3,9,11-13H2,1-2H3. The largest absolute Gasteiger partial charge is 0.485 e. The highest BCUT2D eigenvalue weighted by Crippen LogP contribution is 2.19. The van der Waals surface area contributed by atoms with Crippen LogP contribution in [0.4, 0.5) is 0 Å². The van der Waals surface area contributed by atoms with Crippen LogP contribution in [0.3, 0.4) is 0 Å². The quantitative estimate of drug-likeness (QED) is 0.719. The number of benzene rings is 1. The second kappa shape index (κ2) is 8.44. The number of hydrogen-bond acceptors (Lipinski definition) is 4. The summed E-state index contributed by atoms with van der Waals surface area (Å²) in [5, 5.41) is 3.33. The Kier molecular flexibility index (Phi) is 6.24. The first-order valence-electron chi connectivity index (χ1n) is 7.25. The molecule has 0 aliphatic rings. The molecule has 1 N–H and O–H groups in total. The van der Waals surface area contributed by atoms with Gasteiger partial charge in [0.2, 0.25) is 0 Å². The van der Waals surface area contributed by atoms with E-state index >= 15 is 0 Å². The third-order valence-electron chi connectivity index (χ3n) is 3.27. The average Bonchev–Trinajstić information content (AvgIpc) is 2.98. The molecule has 1 heterocycles. The molecule has 0 saturated carbocycles. The lowest BCUT2D eigenvalue weighted by Gasteiger charge is -2.12. The summed E-state index contributed by atoms with van der Waals surface area (Å²) in [7, 11) is 1.70. The van der Waals surface area contributed by atoms with E-state index in [0.717, 1.165) is 36.8 Å². The van der Waals surface area contributed by atoms with Crippen LogP contribution in [0.25, 0.3) is 0 Å². The molecule has 0 unspecified atom stereocenters. The molecule has 5 heteroatoms. The highest BCUT2D eigenvalue weighted by atomic mass is 16.5. The van der Waals surface area contributed by atoms with E-state index in [1.807, 2.05) is 24.4 Å². The van der Waals surface area contributed by atoms with Crippen molar-refractivity contribution in [3.63, 3.8) is 0 Å².